The van der Waals surface area contributed by atoms with Gasteiger partial charge >= 0.3 is 11.9 Å². The van der Waals surface area contributed by atoms with E-state index in [0.717, 1.165) is 26.2 Å². The average Bonchev–Trinajstić information content (AvgIpc) is 3.77. The van der Waals surface area contributed by atoms with Gasteiger partial charge in [0.2, 0.25) is 10.0 Å². The van der Waals surface area contributed by atoms with Gasteiger partial charge in [0.15, 0.2) is 11.9 Å². The second-order valence-corrected chi connectivity index (χ2v) is 12.1. The van der Waals surface area contributed by atoms with E-state index in [1.54, 1.807) is 18.2 Å². The summed E-state index contributed by atoms with van der Waals surface area (Å²) in [4.78, 5) is 27.4. The standard InChI is InChI=1S/C34H29NO7S/c36-33(29-17-9-21-35(29)43(38,39)28-20-19-24-11-7-8-16-27(24)23-28)42-32(30-18-10-22-40-30)34(37)41-31(25-12-3-1-4-13-25)26-14-5-2-6-15-26/h1-8,10-16,18-20,22-23,29,31-32H,9,17,21H2/t29-,32-/m0/s1. The highest BCUT2D eigenvalue weighted by molar-refractivity contribution is 7.89. The normalized spacial score (nSPS) is 16.3. The third kappa shape index (κ3) is 5.95. The van der Waals surface area contributed by atoms with Gasteiger partial charge < -0.3 is 13.9 Å². The Bertz CT molecular complexity index is 1780. The van der Waals surface area contributed by atoms with Crippen molar-refractivity contribution in [3.8, 4) is 0 Å². The van der Waals surface area contributed by atoms with Gasteiger partial charge in [-0.1, -0.05) is 91.0 Å². The van der Waals surface area contributed by atoms with Crippen LogP contribution >= 0.6 is 0 Å². The van der Waals surface area contributed by atoms with Crippen molar-refractivity contribution in [2.24, 2.45) is 0 Å². The smallest absolute Gasteiger partial charge is 0.356 e. The largest absolute Gasteiger partial charge is 0.465 e. The maximum absolute atomic E-state index is 13.7. The molecule has 1 aliphatic rings. The van der Waals surface area contributed by atoms with Crippen LogP contribution in [0, 0.1) is 0 Å². The second kappa shape index (κ2) is 12.2. The van der Waals surface area contributed by atoms with Crippen molar-refractivity contribution >= 4 is 32.7 Å². The van der Waals surface area contributed by atoms with E-state index in [1.165, 1.54) is 18.4 Å². The molecular formula is C34H29NO7S. The number of ether oxygens (including phenoxy) is 2. The highest BCUT2D eigenvalue weighted by Crippen LogP contribution is 2.33. The summed E-state index contributed by atoms with van der Waals surface area (Å²) in [6, 6.07) is 32.7. The SMILES string of the molecule is O=C(OC(c1ccccc1)c1ccccc1)[C@@H](OC(=O)[C@@H]1CCCN1S(=O)(=O)c1ccc2ccccc2c1)c1ccco1. The Morgan fingerprint density at radius 3 is 2.07 bits per heavy atom. The molecule has 1 aromatic heterocycles. The van der Waals surface area contributed by atoms with E-state index < -0.39 is 40.2 Å². The minimum atomic E-state index is -4.03. The lowest BCUT2D eigenvalue weighted by molar-refractivity contribution is -0.174. The third-order valence-electron chi connectivity index (χ3n) is 7.49. The predicted molar refractivity (Wildman–Crippen MR) is 159 cm³/mol. The topological polar surface area (TPSA) is 103 Å². The Kier molecular flexibility index (Phi) is 8.09. The van der Waals surface area contributed by atoms with Crippen molar-refractivity contribution in [1.29, 1.82) is 0 Å². The summed E-state index contributed by atoms with van der Waals surface area (Å²) in [5, 5.41) is 1.68. The molecule has 0 aliphatic carbocycles. The first-order valence-corrected chi connectivity index (χ1v) is 15.4. The van der Waals surface area contributed by atoms with E-state index >= 15 is 0 Å². The lowest BCUT2D eigenvalue weighted by Crippen LogP contribution is -2.42. The summed E-state index contributed by atoms with van der Waals surface area (Å²) in [5.74, 6) is -1.63. The molecule has 2 heterocycles. The molecule has 8 nitrogen and oxygen atoms in total. The van der Waals surface area contributed by atoms with Gasteiger partial charge in [-0.3, -0.25) is 4.79 Å². The van der Waals surface area contributed by atoms with Gasteiger partial charge in [0, 0.05) is 6.54 Å². The van der Waals surface area contributed by atoms with E-state index in [1.807, 2.05) is 84.9 Å². The van der Waals surface area contributed by atoms with Crippen LogP contribution in [-0.4, -0.2) is 37.2 Å². The molecule has 1 aliphatic heterocycles. The highest BCUT2D eigenvalue weighted by atomic mass is 32.2. The van der Waals surface area contributed by atoms with Crippen LogP contribution in [0.1, 0.15) is 41.9 Å². The molecule has 218 valence electrons. The number of benzene rings is 4. The average molecular weight is 596 g/mol. The lowest BCUT2D eigenvalue weighted by Gasteiger charge is -2.25. The number of esters is 2. The van der Waals surface area contributed by atoms with Gasteiger partial charge in [0.1, 0.15) is 6.04 Å². The molecular weight excluding hydrogens is 566 g/mol. The van der Waals surface area contributed by atoms with Crippen LogP contribution in [0.5, 0.6) is 0 Å². The van der Waals surface area contributed by atoms with Gasteiger partial charge in [-0.25, -0.2) is 13.2 Å². The molecule has 0 spiro atoms. The number of carbonyl (C=O) groups is 2. The molecule has 0 radical (unpaired) electrons. The molecule has 0 saturated carbocycles. The van der Waals surface area contributed by atoms with Crippen LogP contribution in [0.4, 0.5) is 0 Å². The monoisotopic (exact) mass is 595 g/mol. The molecule has 0 unspecified atom stereocenters. The zero-order chi connectivity index (χ0) is 29.8. The van der Waals surface area contributed by atoms with Crippen molar-refractivity contribution in [3.63, 3.8) is 0 Å². The van der Waals surface area contributed by atoms with E-state index in [-0.39, 0.29) is 23.6 Å². The fourth-order valence-corrected chi connectivity index (χ4v) is 7.03. The van der Waals surface area contributed by atoms with Crippen molar-refractivity contribution in [1.82, 2.24) is 4.31 Å². The summed E-state index contributed by atoms with van der Waals surface area (Å²) in [7, 11) is -4.03. The minimum Gasteiger partial charge on any atom is -0.465 e. The van der Waals surface area contributed by atoms with Crippen molar-refractivity contribution in [2.75, 3.05) is 6.54 Å². The van der Waals surface area contributed by atoms with Crippen LogP contribution in [0.25, 0.3) is 10.8 Å². The molecule has 6 rings (SSSR count). The molecule has 9 heteroatoms. The van der Waals surface area contributed by atoms with Crippen LogP contribution in [0.3, 0.4) is 0 Å². The first-order chi connectivity index (χ1) is 20.9. The molecule has 0 N–H and O–H groups in total. The minimum absolute atomic E-state index is 0.0696. The number of hydrogen-bond acceptors (Lipinski definition) is 7. The molecule has 0 bridgehead atoms. The van der Waals surface area contributed by atoms with Crippen molar-refractivity contribution in [2.45, 2.75) is 36.0 Å². The zero-order valence-corrected chi connectivity index (χ0v) is 23.9. The van der Waals surface area contributed by atoms with Crippen LogP contribution in [0.15, 0.2) is 131 Å². The Morgan fingerprint density at radius 1 is 0.767 bits per heavy atom. The molecule has 1 saturated heterocycles. The Balaban J connectivity index is 1.26. The van der Waals surface area contributed by atoms with Gasteiger partial charge in [-0.2, -0.15) is 4.31 Å². The molecule has 4 aromatic carbocycles. The van der Waals surface area contributed by atoms with Gasteiger partial charge in [-0.15, -0.1) is 0 Å². The summed E-state index contributed by atoms with van der Waals surface area (Å²) in [5.41, 5.74) is 1.46. The fraction of sp³-hybridized carbons (Fsp3) is 0.176. The Labute approximate surface area is 249 Å². The van der Waals surface area contributed by atoms with Crippen molar-refractivity contribution in [3.05, 3.63) is 138 Å². The van der Waals surface area contributed by atoms with E-state index in [2.05, 4.69) is 0 Å². The number of furan rings is 1. The number of rotatable bonds is 9. The lowest BCUT2D eigenvalue weighted by atomic mass is 10.0. The highest BCUT2D eigenvalue weighted by Gasteiger charge is 2.43. The van der Waals surface area contributed by atoms with E-state index in [4.69, 9.17) is 13.9 Å². The predicted octanol–water partition coefficient (Wildman–Crippen LogP) is 6.20. The first-order valence-electron chi connectivity index (χ1n) is 14.0. The van der Waals surface area contributed by atoms with Crippen LogP contribution in [0.2, 0.25) is 0 Å². The summed E-state index contributed by atoms with van der Waals surface area (Å²) in [6.07, 6.45) is -0.235. The molecule has 5 aromatic rings. The zero-order valence-electron chi connectivity index (χ0n) is 23.1. The second-order valence-electron chi connectivity index (χ2n) is 10.3. The van der Waals surface area contributed by atoms with Crippen LogP contribution < -0.4 is 0 Å². The number of nitrogens with zero attached hydrogens (tertiary/aromatic N) is 1. The molecule has 0 amide bonds. The first kappa shape index (κ1) is 28.4. The van der Waals surface area contributed by atoms with Crippen LogP contribution in [-0.2, 0) is 29.1 Å². The maximum atomic E-state index is 13.7. The summed E-state index contributed by atoms with van der Waals surface area (Å²) in [6.45, 7) is 0.148. The van der Waals surface area contributed by atoms with Gasteiger partial charge in [-0.05, 0) is 59.0 Å². The number of hydrogen-bond donors (Lipinski definition) is 0. The van der Waals surface area contributed by atoms with Gasteiger partial charge in [0.25, 0.3) is 6.10 Å². The fourth-order valence-electron chi connectivity index (χ4n) is 5.35. The maximum Gasteiger partial charge on any atom is 0.356 e. The van der Waals surface area contributed by atoms with E-state index in [0.29, 0.717) is 6.42 Å². The summed E-state index contributed by atoms with van der Waals surface area (Å²) >= 11 is 0. The number of sulfonamides is 1. The molecule has 1 fully saturated rings. The number of carbonyl (C=O) groups excluding carboxylic acids is 2. The van der Waals surface area contributed by atoms with E-state index in [9.17, 15) is 18.0 Å². The van der Waals surface area contributed by atoms with Crippen molar-refractivity contribution < 1.29 is 31.9 Å². The molecule has 43 heavy (non-hydrogen) atoms. The number of fused-ring (bicyclic) bond motifs is 1. The Morgan fingerprint density at radius 2 is 1.42 bits per heavy atom. The Hall–Kier alpha value is -4.73. The third-order valence-corrected chi connectivity index (χ3v) is 9.40. The summed E-state index contributed by atoms with van der Waals surface area (Å²) < 4.78 is 45.7. The molecule has 2 atom stereocenters. The quantitative estimate of drug-likeness (QED) is 0.187. The van der Waals surface area contributed by atoms with Gasteiger partial charge in [0.05, 0.1) is 11.2 Å².